The number of furan rings is 1. The highest BCUT2D eigenvalue weighted by atomic mass is 32.1. The molecule has 0 atom stereocenters. The minimum absolute atomic E-state index is 0.891. The normalized spacial score (nSPS) is 11.7. The van der Waals surface area contributed by atoms with Gasteiger partial charge in [-0.3, -0.25) is 0 Å². The molecule has 0 saturated heterocycles. The maximum absolute atomic E-state index is 6.71. The average molecular weight is 568 g/mol. The van der Waals surface area contributed by atoms with Gasteiger partial charge in [-0.15, -0.1) is 11.3 Å². The fourth-order valence-corrected chi connectivity index (χ4v) is 7.52. The third kappa shape index (κ3) is 3.86. The van der Waals surface area contributed by atoms with Gasteiger partial charge in [-0.2, -0.15) is 0 Å². The van der Waals surface area contributed by atoms with Crippen LogP contribution in [0.5, 0.6) is 0 Å². The number of para-hydroxylation sites is 1. The summed E-state index contributed by atoms with van der Waals surface area (Å²) in [7, 11) is 0. The number of anilines is 3. The fourth-order valence-electron chi connectivity index (χ4n) is 6.44. The third-order valence-electron chi connectivity index (χ3n) is 8.44. The highest BCUT2D eigenvalue weighted by molar-refractivity contribution is 7.25. The minimum atomic E-state index is 0.891. The van der Waals surface area contributed by atoms with Crippen LogP contribution in [0.3, 0.4) is 0 Å². The van der Waals surface area contributed by atoms with Crippen molar-refractivity contribution in [2.24, 2.45) is 0 Å². The van der Waals surface area contributed by atoms with Crippen LogP contribution in [0, 0.1) is 0 Å². The van der Waals surface area contributed by atoms with Crippen LogP contribution in [0.15, 0.2) is 156 Å². The van der Waals surface area contributed by atoms with E-state index in [1.54, 1.807) is 0 Å². The van der Waals surface area contributed by atoms with Crippen molar-refractivity contribution in [2.75, 3.05) is 4.90 Å². The Hall–Kier alpha value is -5.38. The van der Waals surface area contributed by atoms with Crippen LogP contribution < -0.4 is 4.90 Å². The summed E-state index contributed by atoms with van der Waals surface area (Å²) in [5.41, 5.74) is 7.39. The number of fused-ring (bicyclic) bond motifs is 8. The van der Waals surface area contributed by atoms with Crippen LogP contribution in [-0.2, 0) is 0 Å². The van der Waals surface area contributed by atoms with Crippen LogP contribution >= 0.6 is 11.3 Å². The number of nitrogens with zero attached hydrogens (tertiary/aromatic N) is 1. The van der Waals surface area contributed by atoms with Crippen molar-refractivity contribution < 1.29 is 4.42 Å². The van der Waals surface area contributed by atoms with E-state index in [9.17, 15) is 0 Å². The van der Waals surface area contributed by atoms with Gasteiger partial charge in [0.2, 0.25) is 0 Å². The standard InChI is InChI=1S/C40H25NOS/c1-2-10-26(11-3-1)27-18-20-29(21-19-27)41(30-22-23-38-34(25-30)32-14-7-9-17-37(32)43-38)35-24-28-12-4-5-13-31(28)39-33-15-6-8-16-36(33)42-40(35)39/h1-25H. The zero-order valence-corrected chi connectivity index (χ0v) is 24.0. The quantitative estimate of drug-likeness (QED) is 0.210. The molecule has 7 aromatic carbocycles. The molecule has 43 heavy (non-hydrogen) atoms. The molecule has 0 aliphatic carbocycles. The first-order chi connectivity index (χ1) is 21.3. The van der Waals surface area contributed by atoms with Crippen LogP contribution in [0.25, 0.3) is 64.0 Å². The summed E-state index contributed by atoms with van der Waals surface area (Å²) >= 11 is 1.84. The summed E-state index contributed by atoms with van der Waals surface area (Å²) in [6.45, 7) is 0. The van der Waals surface area contributed by atoms with Gasteiger partial charge in [0.15, 0.2) is 5.58 Å². The minimum Gasteiger partial charge on any atom is -0.454 e. The van der Waals surface area contributed by atoms with E-state index < -0.39 is 0 Å². The van der Waals surface area contributed by atoms with Gasteiger partial charge in [-0.05, 0) is 70.4 Å². The molecule has 0 aliphatic heterocycles. The van der Waals surface area contributed by atoms with Gasteiger partial charge in [0.05, 0.1) is 5.69 Å². The number of benzene rings is 7. The molecule has 0 unspecified atom stereocenters. The predicted octanol–water partition coefficient (Wildman–Crippen LogP) is 12.2. The third-order valence-corrected chi connectivity index (χ3v) is 9.59. The predicted molar refractivity (Wildman–Crippen MR) is 184 cm³/mol. The number of thiophene rings is 1. The van der Waals surface area contributed by atoms with E-state index in [-0.39, 0.29) is 0 Å². The summed E-state index contributed by atoms with van der Waals surface area (Å²) in [6, 6.07) is 54.2. The molecule has 0 spiro atoms. The van der Waals surface area contributed by atoms with E-state index in [1.807, 2.05) is 17.4 Å². The van der Waals surface area contributed by atoms with Crippen molar-refractivity contribution in [3.05, 3.63) is 152 Å². The van der Waals surface area contributed by atoms with Gasteiger partial charge in [0.1, 0.15) is 5.58 Å². The molecule has 9 aromatic rings. The number of rotatable bonds is 4. The highest BCUT2D eigenvalue weighted by Crippen LogP contribution is 2.47. The van der Waals surface area contributed by atoms with Crippen molar-refractivity contribution >= 4 is 81.3 Å². The largest absolute Gasteiger partial charge is 0.454 e. The van der Waals surface area contributed by atoms with Crippen molar-refractivity contribution in [3.8, 4) is 11.1 Å². The van der Waals surface area contributed by atoms with Crippen molar-refractivity contribution in [2.45, 2.75) is 0 Å². The molecule has 2 heterocycles. The molecular formula is C40H25NOS. The second-order valence-electron chi connectivity index (χ2n) is 10.9. The molecule has 0 aliphatic rings. The molecule has 9 rings (SSSR count). The average Bonchev–Trinajstić information content (AvgIpc) is 3.65. The summed E-state index contributed by atoms with van der Waals surface area (Å²) in [5, 5.41) is 7.22. The van der Waals surface area contributed by atoms with Crippen LogP contribution in [0.2, 0.25) is 0 Å². The second kappa shape index (κ2) is 9.59. The van der Waals surface area contributed by atoms with E-state index in [2.05, 4.69) is 150 Å². The Balaban J connectivity index is 1.34. The Morgan fingerprint density at radius 1 is 0.465 bits per heavy atom. The van der Waals surface area contributed by atoms with Crippen molar-refractivity contribution in [1.29, 1.82) is 0 Å². The molecule has 3 heteroatoms. The van der Waals surface area contributed by atoms with E-state index >= 15 is 0 Å². The molecular weight excluding hydrogens is 543 g/mol. The molecule has 0 bridgehead atoms. The summed E-state index contributed by atoms with van der Waals surface area (Å²) in [6.07, 6.45) is 0. The van der Waals surface area contributed by atoms with Crippen molar-refractivity contribution in [1.82, 2.24) is 0 Å². The summed E-state index contributed by atoms with van der Waals surface area (Å²) < 4.78 is 9.30. The van der Waals surface area contributed by atoms with Gasteiger partial charge >= 0.3 is 0 Å². The highest BCUT2D eigenvalue weighted by Gasteiger charge is 2.22. The maximum Gasteiger partial charge on any atom is 0.160 e. The first kappa shape index (κ1) is 24.2. The smallest absolute Gasteiger partial charge is 0.160 e. The Labute approximate surface area is 252 Å². The van der Waals surface area contributed by atoms with E-state index in [0.717, 1.165) is 39.0 Å². The van der Waals surface area contributed by atoms with Crippen molar-refractivity contribution in [3.63, 3.8) is 0 Å². The second-order valence-corrected chi connectivity index (χ2v) is 12.0. The Bertz CT molecular complexity index is 2450. The Morgan fingerprint density at radius 2 is 1.12 bits per heavy atom. The molecule has 0 radical (unpaired) electrons. The monoisotopic (exact) mass is 567 g/mol. The lowest BCUT2D eigenvalue weighted by molar-refractivity contribution is 0.669. The Morgan fingerprint density at radius 3 is 1.98 bits per heavy atom. The Kier molecular flexibility index (Phi) is 5.40. The zero-order valence-electron chi connectivity index (χ0n) is 23.2. The fraction of sp³-hybridized carbons (Fsp3) is 0. The summed E-state index contributed by atoms with van der Waals surface area (Å²) in [4.78, 5) is 2.36. The first-order valence-corrected chi connectivity index (χ1v) is 15.3. The van der Waals surface area contributed by atoms with E-state index in [1.165, 1.54) is 42.1 Å². The van der Waals surface area contributed by atoms with Crippen LogP contribution in [-0.4, -0.2) is 0 Å². The molecule has 2 aromatic heterocycles. The number of hydrogen-bond acceptors (Lipinski definition) is 3. The maximum atomic E-state index is 6.71. The SMILES string of the molecule is c1ccc(-c2ccc(N(c3ccc4sc5ccccc5c4c3)c3cc4ccccc4c4c3oc3ccccc34)cc2)cc1. The first-order valence-electron chi connectivity index (χ1n) is 14.5. The van der Waals surface area contributed by atoms with E-state index in [0.29, 0.717) is 0 Å². The van der Waals surface area contributed by atoms with Crippen LogP contribution in [0.1, 0.15) is 0 Å². The topological polar surface area (TPSA) is 16.4 Å². The van der Waals surface area contributed by atoms with Gasteiger partial charge in [-0.25, -0.2) is 0 Å². The van der Waals surface area contributed by atoms with Gasteiger partial charge in [-0.1, -0.05) is 103 Å². The van der Waals surface area contributed by atoms with Gasteiger partial charge in [0, 0.05) is 42.3 Å². The molecule has 0 fully saturated rings. The molecule has 202 valence electrons. The molecule has 0 amide bonds. The van der Waals surface area contributed by atoms with Gasteiger partial charge in [0.25, 0.3) is 0 Å². The molecule has 2 nitrogen and oxygen atoms in total. The number of hydrogen-bond donors (Lipinski definition) is 0. The zero-order chi connectivity index (χ0) is 28.3. The van der Waals surface area contributed by atoms with Gasteiger partial charge < -0.3 is 9.32 Å². The molecule has 0 saturated carbocycles. The summed E-state index contributed by atoms with van der Waals surface area (Å²) in [5.74, 6) is 0. The lowest BCUT2D eigenvalue weighted by atomic mass is 10.0. The lowest BCUT2D eigenvalue weighted by Gasteiger charge is -2.26. The lowest BCUT2D eigenvalue weighted by Crippen LogP contribution is -2.10. The van der Waals surface area contributed by atoms with Crippen LogP contribution in [0.4, 0.5) is 17.1 Å². The van der Waals surface area contributed by atoms with E-state index in [4.69, 9.17) is 4.42 Å². The molecule has 0 N–H and O–H groups in total.